The summed E-state index contributed by atoms with van der Waals surface area (Å²) >= 11 is 4.96. The van der Waals surface area contributed by atoms with Gasteiger partial charge < -0.3 is 5.32 Å². The van der Waals surface area contributed by atoms with Crippen LogP contribution in [0.2, 0.25) is 0 Å². The molecule has 0 fully saturated rings. The monoisotopic (exact) mass is 419 g/mol. The van der Waals surface area contributed by atoms with Gasteiger partial charge in [0.25, 0.3) is 5.56 Å². The lowest BCUT2D eigenvalue weighted by Crippen LogP contribution is -2.23. The van der Waals surface area contributed by atoms with Crippen molar-refractivity contribution in [1.29, 1.82) is 0 Å². The first-order chi connectivity index (χ1) is 11.9. The summed E-state index contributed by atoms with van der Waals surface area (Å²) in [5, 5.41) is 3.52. The topological polar surface area (TPSA) is 64.0 Å². The van der Waals surface area contributed by atoms with Gasteiger partial charge in [-0.2, -0.15) is 0 Å². The van der Waals surface area contributed by atoms with Crippen molar-refractivity contribution in [3.63, 3.8) is 0 Å². The number of aryl methyl sites for hydroxylation is 4. The number of fused-ring (bicyclic) bond motifs is 1. The van der Waals surface area contributed by atoms with E-state index >= 15 is 0 Å². The Hall–Kier alpha value is -1.99. The third kappa shape index (κ3) is 3.67. The minimum atomic E-state index is -0.144. The van der Waals surface area contributed by atoms with E-state index in [1.165, 1.54) is 22.2 Å². The molecule has 0 unspecified atom stereocenters. The molecule has 5 nitrogen and oxygen atoms in total. The van der Waals surface area contributed by atoms with E-state index in [9.17, 15) is 9.59 Å². The van der Waals surface area contributed by atoms with E-state index in [2.05, 4.69) is 26.2 Å². The minimum Gasteiger partial charge on any atom is -0.325 e. The summed E-state index contributed by atoms with van der Waals surface area (Å²) in [6.07, 6.45) is 1.73. The number of carbonyl (C=O) groups is 1. The molecule has 130 valence electrons. The molecule has 2 heterocycles. The molecule has 0 radical (unpaired) electrons. The molecule has 1 amide bonds. The van der Waals surface area contributed by atoms with Crippen LogP contribution in [0.15, 0.2) is 33.8 Å². The molecule has 0 spiro atoms. The van der Waals surface area contributed by atoms with Crippen molar-refractivity contribution in [3.05, 3.63) is 55.4 Å². The molecule has 0 atom stereocenters. The Morgan fingerprint density at radius 2 is 2.08 bits per heavy atom. The van der Waals surface area contributed by atoms with Gasteiger partial charge >= 0.3 is 0 Å². The standard InChI is InChI=1S/C18H18BrN3O2S/c1-10-4-5-14(13(19)8-10)21-15(23)6-7-22-9-20-17-16(18(22)24)11(2)12(3)25-17/h4-5,8-9H,6-7H2,1-3H3,(H,21,23). The number of benzene rings is 1. The van der Waals surface area contributed by atoms with Crippen LogP contribution in [0.3, 0.4) is 0 Å². The Bertz CT molecular complexity index is 1020. The van der Waals surface area contributed by atoms with Crippen LogP contribution in [-0.2, 0) is 11.3 Å². The van der Waals surface area contributed by atoms with Crippen molar-refractivity contribution >= 4 is 49.1 Å². The summed E-state index contributed by atoms with van der Waals surface area (Å²) in [6, 6.07) is 5.73. The van der Waals surface area contributed by atoms with Crippen molar-refractivity contribution in [2.45, 2.75) is 33.7 Å². The van der Waals surface area contributed by atoms with Crippen LogP contribution >= 0.6 is 27.3 Å². The number of hydrogen-bond donors (Lipinski definition) is 1. The van der Waals surface area contributed by atoms with Crippen molar-refractivity contribution in [2.24, 2.45) is 0 Å². The largest absolute Gasteiger partial charge is 0.325 e. The maximum atomic E-state index is 12.6. The summed E-state index contributed by atoms with van der Waals surface area (Å²) in [5.41, 5.74) is 2.72. The molecule has 2 aromatic heterocycles. The Labute approximate surface area is 157 Å². The summed E-state index contributed by atoms with van der Waals surface area (Å²) in [5.74, 6) is -0.144. The van der Waals surface area contributed by atoms with E-state index in [1.807, 2.05) is 39.0 Å². The van der Waals surface area contributed by atoms with Gasteiger partial charge in [-0.3, -0.25) is 14.2 Å². The number of halogens is 1. The fourth-order valence-corrected chi connectivity index (χ4v) is 4.17. The molecule has 0 aliphatic heterocycles. The first-order valence-corrected chi connectivity index (χ1v) is 9.49. The minimum absolute atomic E-state index is 0.0869. The second-order valence-electron chi connectivity index (χ2n) is 5.99. The van der Waals surface area contributed by atoms with Gasteiger partial charge in [0.2, 0.25) is 5.91 Å². The lowest BCUT2D eigenvalue weighted by molar-refractivity contribution is -0.116. The van der Waals surface area contributed by atoms with Crippen molar-refractivity contribution in [2.75, 3.05) is 5.32 Å². The fraction of sp³-hybridized carbons (Fsp3) is 0.278. The van der Waals surface area contributed by atoms with E-state index in [4.69, 9.17) is 0 Å². The van der Waals surface area contributed by atoms with Gasteiger partial charge in [0.1, 0.15) is 4.83 Å². The number of amides is 1. The summed E-state index contributed by atoms with van der Waals surface area (Å²) in [6.45, 7) is 6.20. The Balaban J connectivity index is 1.74. The fourth-order valence-electron chi connectivity index (χ4n) is 2.59. The highest BCUT2D eigenvalue weighted by molar-refractivity contribution is 9.10. The van der Waals surface area contributed by atoms with Crippen LogP contribution in [0.1, 0.15) is 22.4 Å². The molecule has 0 aliphatic rings. The number of thiophene rings is 1. The zero-order valence-corrected chi connectivity index (χ0v) is 16.6. The molecule has 3 rings (SSSR count). The van der Waals surface area contributed by atoms with E-state index in [0.717, 1.165) is 31.0 Å². The number of nitrogens with one attached hydrogen (secondary N) is 1. The Kier molecular flexibility index (Phi) is 5.06. The second kappa shape index (κ2) is 7.09. The van der Waals surface area contributed by atoms with E-state index < -0.39 is 0 Å². The van der Waals surface area contributed by atoms with Gasteiger partial charge in [0, 0.05) is 22.3 Å². The van der Waals surface area contributed by atoms with Crippen molar-refractivity contribution < 1.29 is 4.79 Å². The highest BCUT2D eigenvalue weighted by Crippen LogP contribution is 2.25. The summed E-state index contributed by atoms with van der Waals surface area (Å²) in [7, 11) is 0. The van der Waals surface area contributed by atoms with Crippen LogP contribution < -0.4 is 10.9 Å². The predicted octanol–water partition coefficient (Wildman–Crippen LogP) is 4.17. The van der Waals surface area contributed by atoms with Crippen LogP contribution in [0.25, 0.3) is 10.2 Å². The maximum absolute atomic E-state index is 12.6. The van der Waals surface area contributed by atoms with Crippen LogP contribution in [-0.4, -0.2) is 15.5 Å². The number of rotatable bonds is 4. The summed E-state index contributed by atoms with van der Waals surface area (Å²) in [4.78, 5) is 31.0. The second-order valence-corrected chi connectivity index (χ2v) is 8.05. The number of carbonyl (C=O) groups excluding carboxylic acids is 1. The Morgan fingerprint density at radius 1 is 1.32 bits per heavy atom. The molecular formula is C18H18BrN3O2S. The molecular weight excluding hydrogens is 402 g/mol. The average molecular weight is 420 g/mol. The van der Waals surface area contributed by atoms with E-state index in [0.29, 0.717) is 11.9 Å². The predicted molar refractivity (Wildman–Crippen MR) is 105 cm³/mol. The van der Waals surface area contributed by atoms with Gasteiger partial charge in [-0.15, -0.1) is 11.3 Å². The van der Waals surface area contributed by atoms with Crippen molar-refractivity contribution in [3.8, 4) is 0 Å². The molecule has 0 saturated heterocycles. The Morgan fingerprint density at radius 3 is 2.80 bits per heavy atom. The average Bonchev–Trinajstić information content (AvgIpc) is 2.85. The lowest BCUT2D eigenvalue weighted by Gasteiger charge is -2.09. The highest BCUT2D eigenvalue weighted by atomic mass is 79.9. The molecule has 1 aromatic carbocycles. The van der Waals surface area contributed by atoms with Gasteiger partial charge in [0.05, 0.1) is 17.4 Å². The van der Waals surface area contributed by atoms with E-state index in [-0.39, 0.29) is 17.9 Å². The van der Waals surface area contributed by atoms with Gasteiger partial charge in [-0.1, -0.05) is 6.07 Å². The maximum Gasteiger partial charge on any atom is 0.262 e. The molecule has 0 aliphatic carbocycles. The highest BCUT2D eigenvalue weighted by Gasteiger charge is 2.13. The molecule has 25 heavy (non-hydrogen) atoms. The lowest BCUT2D eigenvalue weighted by atomic mass is 10.2. The number of hydrogen-bond acceptors (Lipinski definition) is 4. The summed E-state index contributed by atoms with van der Waals surface area (Å²) < 4.78 is 2.34. The first-order valence-electron chi connectivity index (χ1n) is 7.88. The molecule has 7 heteroatoms. The van der Waals surface area contributed by atoms with Crippen LogP contribution in [0, 0.1) is 20.8 Å². The quantitative estimate of drug-likeness (QED) is 0.689. The van der Waals surface area contributed by atoms with Gasteiger partial charge in [-0.05, 0) is 60.0 Å². The first kappa shape index (κ1) is 17.8. The molecule has 3 aromatic rings. The van der Waals surface area contributed by atoms with Gasteiger partial charge in [-0.25, -0.2) is 4.98 Å². The number of anilines is 1. The molecule has 0 bridgehead atoms. The van der Waals surface area contributed by atoms with Crippen molar-refractivity contribution in [1.82, 2.24) is 9.55 Å². The number of nitrogens with zero attached hydrogens (tertiary/aromatic N) is 2. The van der Waals surface area contributed by atoms with Gasteiger partial charge in [0.15, 0.2) is 0 Å². The zero-order valence-electron chi connectivity index (χ0n) is 14.2. The SMILES string of the molecule is Cc1ccc(NC(=O)CCn2cnc3sc(C)c(C)c3c2=O)c(Br)c1. The molecule has 1 N–H and O–H groups in total. The smallest absolute Gasteiger partial charge is 0.262 e. The third-order valence-electron chi connectivity index (χ3n) is 4.13. The normalized spacial score (nSPS) is 11.0. The molecule has 0 saturated carbocycles. The van der Waals surface area contributed by atoms with Crippen LogP contribution in [0.4, 0.5) is 5.69 Å². The zero-order chi connectivity index (χ0) is 18.1. The third-order valence-corrected chi connectivity index (χ3v) is 5.91. The van der Waals surface area contributed by atoms with E-state index in [1.54, 1.807) is 0 Å². The number of aromatic nitrogens is 2. The van der Waals surface area contributed by atoms with Crippen LogP contribution in [0.5, 0.6) is 0 Å².